The fraction of sp³-hybridized carbons (Fsp3) is 0.357. The summed E-state index contributed by atoms with van der Waals surface area (Å²) >= 11 is 4.79. The molecule has 0 radical (unpaired) electrons. The number of hydrogen-bond acceptors (Lipinski definition) is 2. The summed E-state index contributed by atoms with van der Waals surface area (Å²) in [5.74, 6) is 0.695. The van der Waals surface area contributed by atoms with E-state index in [0.717, 1.165) is 23.1 Å². The first-order valence-corrected chi connectivity index (χ1v) is 8.45. The van der Waals surface area contributed by atoms with E-state index in [1.807, 2.05) is 18.2 Å². The van der Waals surface area contributed by atoms with Gasteiger partial charge in [0, 0.05) is 38.3 Å². The number of carbonyl (C=O) groups is 1. The van der Waals surface area contributed by atoms with Crippen molar-refractivity contribution in [3.8, 4) is 0 Å². The van der Waals surface area contributed by atoms with Crippen LogP contribution in [0.15, 0.2) is 24.8 Å². The first-order valence-electron chi connectivity index (χ1n) is 5.84. The molecule has 2 nitrogen and oxygen atoms in total. The summed E-state index contributed by atoms with van der Waals surface area (Å²) in [6, 6.07) is 4.05. The van der Waals surface area contributed by atoms with Gasteiger partial charge in [0.1, 0.15) is 0 Å². The summed E-state index contributed by atoms with van der Waals surface area (Å²) < 4.78 is 2.32. The Morgan fingerprint density at radius 1 is 1.61 bits per heavy atom. The highest BCUT2D eigenvalue weighted by Gasteiger charge is 2.30. The normalized spacial score (nSPS) is 17.7. The smallest absolute Gasteiger partial charge is 0.159 e. The minimum Gasteiger partial charge on any atom is -0.367 e. The Hall–Kier alpha value is -0.110. The second-order valence-electron chi connectivity index (χ2n) is 4.49. The van der Waals surface area contributed by atoms with E-state index in [0.29, 0.717) is 5.92 Å². The lowest BCUT2D eigenvalue weighted by Crippen LogP contribution is -2.22. The summed E-state index contributed by atoms with van der Waals surface area (Å²) in [7, 11) is 0. The van der Waals surface area contributed by atoms with E-state index in [9.17, 15) is 4.79 Å². The quantitative estimate of drug-likeness (QED) is 0.289. The third kappa shape index (κ3) is 2.59. The first-order chi connectivity index (χ1) is 8.58. The van der Waals surface area contributed by atoms with E-state index < -0.39 is 0 Å². The van der Waals surface area contributed by atoms with Crippen molar-refractivity contribution < 1.29 is 4.79 Å². The van der Waals surface area contributed by atoms with Crippen LogP contribution in [-0.2, 0) is 0 Å². The first kappa shape index (κ1) is 14.3. The van der Waals surface area contributed by atoms with Crippen LogP contribution in [0.2, 0.25) is 0 Å². The average Bonchev–Trinajstić information content (AvgIpc) is 2.68. The SMILES string of the molecule is C=CCN1CC(CI)c2c(I)cc(C(C)=O)cc21. The maximum Gasteiger partial charge on any atom is 0.159 e. The largest absolute Gasteiger partial charge is 0.367 e. The number of Topliss-reactive ketones (excluding diaryl/α,β-unsaturated/α-hetero) is 1. The molecule has 96 valence electrons. The molecule has 2 rings (SSSR count). The van der Waals surface area contributed by atoms with Crippen molar-refractivity contribution in [2.75, 3.05) is 22.4 Å². The fourth-order valence-electron chi connectivity index (χ4n) is 2.38. The highest BCUT2D eigenvalue weighted by molar-refractivity contribution is 14.1. The maximum atomic E-state index is 11.6. The molecule has 0 bridgehead atoms. The topological polar surface area (TPSA) is 20.3 Å². The zero-order valence-corrected chi connectivity index (χ0v) is 14.6. The molecule has 0 saturated carbocycles. The minimum atomic E-state index is 0.132. The van der Waals surface area contributed by atoms with Gasteiger partial charge >= 0.3 is 0 Å². The lowest BCUT2D eigenvalue weighted by Gasteiger charge is -2.18. The summed E-state index contributed by atoms with van der Waals surface area (Å²) in [4.78, 5) is 13.9. The zero-order chi connectivity index (χ0) is 13.3. The maximum absolute atomic E-state index is 11.6. The zero-order valence-electron chi connectivity index (χ0n) is 10.2. The number of nitrogens with zero attached hydrogens (tertiary/aromatic N) is 1. The molecule has 0 fully saturated rings. The number of carbonyl (C=O) groups excluding carboxylic acids is 1. The van der Waals surface area contributed by atoms with Gasteiger partial charge in [-0.2, -0.15) is 0 Å². The summed E-state index contributed by atoms with van der Waals surface area (Å²) in [6.45, 7) is 7.32. The standard InChI is InChI=1S/C14H15I2NO/c1-3-4-17-8-11(7-15)14-12(16)5-10(9(2)18)6-13(14)17/h3,5-6,11H,1,4,7-8H2,2H3. The van der Waals surface area contributed by atoms with Crippen molar-refractivity contribution in [2.45, 2.75) is 12.8 Å². The lowest BCUT2D eigenvalue weighted by atomic mass is 10.0. The molecule has 0 N–H and O–H groups in total. The van der Waals surface area contributed by atoms with Crippen LogP contribution in [0.1, 0.15) is 28.8 Å². The molecule has 1 unspecified atom stereocenters. The number of ketones is 1. The van der Waals surface area contributed by atoms with Gasteiger partial charge in [0.25, 0.3) is 0 Å². The molecule has 1 aromatic carbocycles. The van der Waals surface area contributed by atoms with Crippen LogP contribution in [0.5, 0.6) is 0 Å². The van der Waals surface area contributed by atoms with Crippen LogP contribution in [0, 0.1) is 3.57 Å². The molecule has 0 aromatic heterocycles. The van der Waals surface area contributed by atoms with Crippen LogP contribution < -0.4 is 4.90 Å². The van der Waals surface area contributed by atoms with Crippen molar-refractivity contribution in [3.63, 3.8) is 0 Å². The van der Waals surface area contributed by atoms with Crippen LogP contribution in [0.25, 0.3) is 0 Å². The van der Waals surface area contributed by atoms with Crippen molar-refractivity contribution in [3.05, 3.63) is 39.5 Å². The molecule has 1 aliphatic heterocycles. The van der Waals surface area contributed by atoms with Crippen molar-refractivity contribution in [1.82, 2.24) is 0 Å². The van der Waals surface area contributed by atoms with E-state index >= 15 is 0 Å². The summed E-state index contributed by atoms with van der Waals surface area (Å²) in [6.07, 6.45) is 1.92. The Balaban J connectivity index is 2.53. The van der Waals surface area contributed by atoms with E-state index in [-0.39, 0.29) is 5.78 Å². The summed E-state index contributed by atoms with van der Waals surface area (Å²) in [5, 5.41) is 0. The Bertz CT molecular complexity index is 499. The minimum absolute atomic E-state index is 0.132. The number of halogens is 2. The Morgan fingerprint density at radius 3 is 2.89 bits per heavy atom. The van der Waals surface area contributed by atoms with Gasteiger partial charge in [-0.1, -0.05) is 28.7 Å². The molecule has 0 saturated heterocycles. The van der Waals surface area contributed by atoms with Gasteiger partial charge in [-0.05, 0) is 47.2 Å². The van der Waals surface area contributed by atoms with E-state index in [1.165, 1.54) is 14.8 Å². The monoisotopic (exact) mass is 467 g/mol. The number of rotatable bonds is 4. The number of benzene rings is 1. The fourth-order valence-corrected chi connectivity index (χ4v) is 4.15. The Labute approximate surface area is 135 Å². The van der Waals surface area contributed by atoms with Crippen molar-refractivity contribution >= 4 is 56.7 Å². The van der Waals surface area contributed by atoms with Gasteiger partial charge in [-0.3, -0.25) is 4.79 Å². The number of anilines is 1. The van der Waals surface area contributed by atoms with Gasteiger partial charge in [-0.25, -0.2) is 0 Å². The molecule has 1 heterocycles. The molecule has 0 amide bonds. The predicted octanol–water partition coefficient (Wildman–Crippen LogP) is 4.02. The highest BCUT2D eigenvalue weighted by Crippen LogP contribution is 2.41. The van der Waals surface area contributed by atoms with Crippen LogP contribution in [-0.4, -0.2) is 23.3 Å². The van der Waals surface area contributed by atoms with Crippen LogP contribution in [0.4, 0.5) is 5.69 Å². The van der Waals surface area contributed by atoms with E-state index in [2.05, 4.69) is 56.7 Å². The molecule has 4 heteroatoms. The van der Waals surface area contributed by atoms with Crippen LogP contribution >= 0.6 is 45.2 Å². The molecule has 0 spiro atoms. The highest BCUT2D eigenvalue weighted by atomic mass is 127. The molecular weight excluding hydrogens is 452 g/mol. The molecule has 1 aromatic rings. The van der Waals surface area contributed by atoms with Gasteiger partial charge in [0.15, 0.2) is 5.78 Å². The van der Waals surface area contributed by atoms with E-state index in [1.54, 1.807) is 6.92 Å². The number of hydrogen-bond donors (Lipinski definition) is 0. The van der Waals surface area contributed by atoms with Gasteiger partial charge < -0.3 is 4.90 Å². The third-order valence-corrected chi connectivity index (χ3v) is 5.20. The Morgan fingerprint density at radius 2 is 2.33 bits per heavy atom. The number of alkyl halides is 1. The third-order valence-electron chi connectivity index (χ3n) is 3.24. The van der Waals surface area contributed by atoms with Crippen molar-refractivity contribution in [1.29, 1.82) is 0 Å². The number of fused-ring (bicyclic) bond motifs is 1. The molecule has 1 atom stereocenters. The summed E-state index contributed by atoms with van der Waals surface area (Å²) in [5.41, 5.74) is 3.42. The molecule has 18 heavy (non-hydrogen) atoms. The second kappa shape index (κ2) is 5.90. The molecule has 0 aliphatic carbocycles. The van der Waals surface area contributed by atoms with Crippen LogP contribution in [0.3, 0.4) is 0 Å². The van der Waals surface area contributed by atoms with Crippen molar-refractivity contribution in [2.24, 2.45) is 0 Å². The average molecular weight is 467 g/mol. The second-order valence-corrected chi connectivity index (χ2v) is 6.53. The predicted molar refractivity (Wildman–Crippen MR) is 93.2 cm³/mol. The van der Waals surface area contributed by atoms with E-state index in [4.69, 9.17) is 0 Å². The Kier molecular flexibility index (Phi) is 4.69. The van der Waals surface area contributed by atoms with Gasteiger partial charge in [0.05, 0.1) is 0 Å². The lowest BCUT2D eigenvalue weighted by molar-refractivity contribution is 0.101. The van der Waals surface area contributed by atoms with Gasteiger partial charge in [0.2, 0.25) is 0 Å². The molecule has 1 aliphatic rings. The van der Waals surface area contributed by atoms with Gasteiger partial charge in [-0.15, -0.1) is 6.58 Å². The molecular formula is C14H15I2NO.